The molecule has 3 heteroatoms. The van der Waals surface area contributed by atoms with Crippen molar-refractivity contribution in [1.82, 2.24) is 0 Å². The van der Waals surface area contributed by atoms with Crippen LogP contribution in [0.4, 0.5) is 0 Å². The third-order valence-corrected chi connectivity index (χ3v) is 3.21. The normalized spacial score (nSPS) is 29.3. The molecule has 0 saturated carbocycles. The fourth-order valence-electron chi connectivity index (χ4n) is 1.60. The molecule has 2 atom stereocenters. The number of epoxide rings is 1. The highest BCUT2D eigenvalue weighted by Gasteiger charge is 2.57. The van der Waals surface area contributed by atoms with Crippen LogP contribution < -0.4 is 0 Å². The Bertz CT molecular complexity index is 319. The topological polar surface area (TPSA) is 29.6 Å². The van der Waals surface area contributed by atoms with Crippen molar-refractivity contribution < 1.29 is 9.53 Å². The van der Waals surface area contributed by atoms with Crippen molar-refractivity contribution >= 4 is 13.9 Å². The van der Waals surface area contributed by atoms with Crippen LogP contribution in [-0.2, 0) is 9.53 Å². The van der Waals surface area contributed by atoms with Gasteiger partial charge in [0.15, 0.2) is 17.5 Å². The highest BCUT2D eigenvalue weighted by molar-refractivity contribution is 6.83. The number of carbonyl (C=O) groups is 1. The second-order valence-corrected chi connectivity index (χ2v) is 10.00. The first-order valence-corrected chi connectivity index (χ1v) is 9.03. The number of Topliss-reactive ketones (excluding diaryl/α,β-unsaturated/α-hetero) is 1. The highest BCUT2D eigenvalue weighted by Crippen LogP contribution is 2.40. The quantitative estimate of drug-likeness (QED) is 0.418. The van der Waals surface area contributed by atoms with E-state index in [2.05, 4.69) is 38.0 Å². The van der Waals surface area contributed by atoms with Gasteiger partial charge in [-0.3, -0.25) is 4.79 Å². The summed E-state index contributed by atoms with van der Waals surface area (Å²) in [6.45, 7) is 10.3. The highest BCUT2D eigenvalue weighted by atomic mass is 28.3. The van der Waals surface area contributed by atoms with Crippen molar-refractivity contribution in [2.75, 3.05) is 0 Å². The van der Waals surface area contributed by atoms with E-state index < -0.39 is 13.7 Å². The molecule has 1 rings (SSSR count). The fourth-order valence-corrected chi connectivity index (χ4v) is 2.19. The Hall–Kier alpha value is -0.593. The summed E-state index contributed by atoms with van der Waals surface area (Å²) < 4.78 is 5.50. The smallest absolute Gasteiger partial charge is 0.162 e. The van der Waals surface area contributed by atoms with E-state index in [-0.39, 0.29) is 11.9 Å². The van der Waals surface area contributed by atoms with Gasteiger partial charge >= 0.3 is 0 Å². The summed E-state index contributed by atoms with van der Waals surface area (Å²) in [6, 6.07) is 0. The molecule has 0 aromatic carbocycles. The lowest BCUT2D eigenvalue weighted by Gasteiger charge is -2.06. The lowest BCUT2D eigenvalue weighted by atomic mass is 9.99. The zero-order valence-electron chi connectivity index (χ0n) is 10.3. The van der Waals surface area contributed by atoms with E-state index in [1.54, 1.807) is 6.92 Å². The third kappa shape index (κ3) is 3.18. The average molecular weight is 224 g/mol. The van der Waals surface area contributed by atoms with Gasteiger partial charge in [0, 0.05) is 0 Å². The molecule has 0 aromatic rings. The third-order valence-electron chi connectivity index (χ3n) is 2.33. The zero-order valence-corrected chi connectivity index (χ0v) is 11.3. The van der Waals surface area contributed by atoms with E-state index in [9.17, 15) is 4.79 Å². The summed E-state index contributed by atoms with van der Waals surface area (Å²) in [4.78, 5) is 11.2. The number of hydrogen-bond donors (Lipinski definition) is 0. The molecule has 0 amide bonds. The minimum Gasteiger partial charge on any atom is -0.344 e. The molecule has 1 aliphatic rings. The summed E-state index contributed by atoms with van der Waals surface area (Å²) in [7, 11) is -1.37. The van der Waals surface area contributed by atoms with Crippen molar-refractivity contribution in [2.24, 2.45) is 0 Å². The molecule has 2 nitrogen and oxygen atoms in total. The minimum atomic E-state index is -1.37. The molecule has 0 aliphatic carbocycles. The summed E-state index contributed by atoms with van der Waals surface area (Å²) in [5.74, 6) is 3.32. The first kappa shape index (κ1) is 12.5. The van der Waals surface area contributed by atoms with E-state index in [0.717, 1.165) is 12.8 Å². The van der Waals surface area contributed by atoms with Gasteiger partial charge in [-0.2, -0.15) is 0 Å². The average Bonchev–Trinajstić information content (AvgIpc) is 2.77. The van der Waals surface area contributed by atoms with Gasteiger partial charge in [0.2, 0.25) is 0 Å². The molecule has 1 heterocycles. The molecule has 0 bridgehead atoms. The summed E-state index contributed by atoms with van der Waals surface area (Å²) in [5, 5.41) is 0. The van der Waals surface area contributed by atoms with Gasteiger partial charge in [-0.15, -0.1) is 5.54 Å². The second-order valence-electron chi connectivity index (χ2n) is 5.25. The molecule has 84 valence electrons. The molecule has 1 saturated heterocycles. The van der Waals surface area contributed by atoms with Crippen LogP contribution in [0.3, 0.4) is 0 Å². The van der Waals surface area contributed by atoms with Crippen LogP contribution in [0.15, 0.2) is 0 Å². The van der Waals surface area contributed by atoms with Crippen LogP contribution in [0.25, 0.3) is 0 Å². The van der Waals surface area contributed by atoms with Gasteiger partial charge in [-0.25, -0.2) is 0 Å². The van der Waals surface area contributed by atoms with Crippen molar-refractivity contribution in [1.29, 1.82) is 0 Å². The molecular weight excluding hydrogens is 204 g/mol. The Balaban J connectivity index is 2.78. The fraction of sp³-hybridized carbons (Fsp3) is 0.750. The number of ketones is 1. The van der Waals surface area contributed by atoms with Crippen molar-refractivity contribution in [3.8, 4) is 11.5 Å². The number of rotatable bonds is 3. The Morgan fingerprint density at radius 1 is 1.47 bits per heavy atom. The molecule has 15 heavy (non-hydrogen) atoms. The van der Waals surface area contributed by atoms with E-state index >= 15 is 0 Å². The van der Waals surface area contributed by atoms with Gasteiger partial charge in [0.1, 0.15) is 8.07 Å². The lowest BCUT2D eigenvalue weighted by molar-refractivity contribution is -0.118. The van der Waals surface area contributed by atoms with Crippen LogP contribution in [0.5, 0.6) is 0 Å². The van der Waals surface area contributed by atoms with E-state index in [0.29, 0.717) is 0 Å². The van der Waals surface area contributed by atoms with Gasteiger partial charge in [0.05, 0.1) is 0 Å². The molecular formula is C12H20O2Si. The molecule has 1 aliphatic heterocycles. The molecule has 0 spiro atoms. The summed E-state index contributed by atoms with van der Waals surface area (Å²) in [6.07, 6.45) is 1.61. The largest absolute Gasteiger partial charge is 0.344 e. The lowest BCUT2D eigenvalue weighted by Crippen LogP contribution is -2.21. The Morgan fingerprint density at radius 2 is 2.07 bits per heavy atom. The second kappa shape index (κ2) is 4.11. The Morgan fingerprint density at radius 3 is 2.40 bits per heavy atom. The van der Waals surface area contributed by atoms with Crippen LogP contribution in [0.2, 0.25) is 19.6 Å². The van der Waals surface area contributed by atoms with Crippen LogP contribution in [0.1, 0.15) is 26.7 Å². The van der Waals surface area contributed by atoms with Crippen LogP contribution >= 0.6 is 0 Å². The van der Waals surface area contributed by atoms with Gasteiger partial charge < -0.3 is 4.74 Å². The molecule has 0 N–H and O–H groups in total. The van der Waals surface area contributed by atoms with Gasteiger partial charge in [0.25, 0.3) is 0 Å². The van der Waals surface area contributed by atoms with Crippen LogP contribution in [-0.4, -0.2) is 25.6 Å². The predicted octanol–water partition coefficient (Wildman–Crippen LogP) is 2.39. The van der Waals surface area contributed by atoms with Crippen LogP contribution in [0, 0.1) is 11.5 Å². The molecule has 0 aromatic heterocycles. The van der Waals surface area contributed by atoms with Crippen molar-refractivity contribution in [2.45, 2.75) is 58.0 Å². The number of hydrogen-bond acceptors (Lipinski definition) is 2. The van der Waals surface area contributed by atoms with Gasteiger partial charge in [-0.05, 0) is 13.3 Å². The first-order chi connectivity index (χ1) is 6.81. The van der Waals surface area contributed by atoms with E-state index in [1.807, 2.05) is 0 Å². The maximum Gasteiger partial charge on any atom is 0.162 e. The first-order valence-electron chi connectivity index (χ1n) is 5.53. The molecule has 2 unspecified atom stereocenters. The molecule has 0 radical (unpaired) electrons. The summed E-state index contributed by atoms with van der Waals surface area (Å²) in [5.41, 5.74) is 2.88. The monoisotopic (exact) mass is 224 g/mol. The maximum atomic E-state index is 11.2. The standard InChI is InChI=1S/C12H20O2Si/c1-6-7-12(8-9-15(3,4)5)11(14-12)10(2)13/h11H,6-7H2,1-5H3. The molecule has 1 fully saturated rings. The van der Waals surface area contributed by atoms with E-state index in [4.69, 9.17) is 4.74 Å². The Labute approximate surface area is 93.4 Å². The maximum absolute atomic E-state index is 11.2. The van der Waals surface area contributed by atoms with E-state index in [1.165, 1.54) is 0 Å². The number of ether oxygens (including phenoxy) is 1. The van der Waals surface area contributed by atoms with Crippen molar-refractivity contribution in [3.05, 3.63) is 0 Å². The van der Waals surface area contributed by atoms with Crippen molar-refractivity contribution in [3.63, 3.8) is 0 Å². The Kier molecular flexibility index (Phi) is 3.42. The number of carbonyl (C=O) groups excluding carboxylic acids is 1. The minimum absolute atomic E-state index is 0.105. The van der Waals surface area contributed by atoms with Gasteiger partial charge in [-0.1, -0.05) is 38.9 Å². The predicted molar refractivity (Wildman–Crippen MR) is 64.3 cm³/mol. The summed E-state index contributed by atoms with van der Waals surface area (Å²) >= 11 is 0. The zero-order chi connectivity index (χ0) is 11.7. The SMILES string of the molecule is CCCC1(C#C[Si](C)(C)C)OC1C(C)=O.